The van der Waals surface area contributed by atoms with Gasteiger partial charge >= 0.3 is 0 Å². The van der Waals surface area contributed by atoms with Crippen molar-refractivity contribution < 1.29 is 5.11 Å². The van der Waals surface area contributed by atoms with Crippen LogP contribution in [-0.2, 0) is 11.8 Å². The summed E-state index contributed by atoms with van der Waals surface area (Å²) in [6.45, 7) is 8.82. The van der Waals surface area contributed by atoms with Crippen LogP contribution in [0.5, 0.6) is 0 Å². The zero-order valence-electron chi connectivity index (χ0n) is 12.0. The highest BCUT2D eigenvalue weighted by atomic mass is 16.3. The van der Waals surface area contributed by atoms with E-state index in [0.717, 1.165) is 25.9 Å². The molecule has 0 radical (unpaired) electrons. The molecule has 0 bridgehead atoms. The van der Waals surface area contributed by atoms with Crippen molar-refractivity contribution in [1.82, 2.24) is 5.32 Å². The number of hydrogen-bond donors (Lipinski definition) is 2. The molecule has 18 heavy (non-hydrogen) atoms. The summed E-state index contributed by atoms with van der Waals surface area (Å²) in [5, 5.41) is 12.2. The highest BCUT2D eigenvalue weighted by molar-refractivity contribution is 5.28. The summed E-state index contributed by atoms with van der Waals surface area (Å²) in [6, 6.07) is 8.99. The van der Waals surface area contributed by atoms with Crippen LogP contribution < -0.4 is 5.32 Å². The predicted molar refractivity (Wildman–Crippen MR) is 78.0 cm³/mol. The molecular weight excluding hydrogens is 222 g/mol. The molecule has 0 spiro atoms. The molecule has 1 aromatic carbocycles. The summed E-state index contributed by atoms with van der Waals surface area (Å²) in [4.78, 5) is 0. The Morgan fingerprint density at radius 2 is 1.83 bits per heavy atom. The molecule has 0 heterocycles. The highest BCUT2D eigenvalue weighted by Crippen LogP contribution is 2.22. The van der Waals surface area contributed by atoms with E-state index in [2.05, 4.69) is 50.4 Å². The molecule has 1 rings (SSSR count). The van der Waals surface area contributed by atoms with Gasteiger partial charge in [0.2, 0.25) is 0 Å². The van der Waals surface area contributed by atoms with Gasteiger partial charge in [-0.05, 0) is 30.5 Å². The predicted octanol–water partition coefficient (Wildman–Crippen LogP) is 2.89. The molecule has 2 N–H and O–H groups in total. The first-order chi connectivity index (χ1) is 8.60. The lowest BCUT2D eigenvalue weighted by atomic mass is 9.84. The van der Waals surface area contributed by atoms with E-state index in [-0.39, 0.29) is 12.0 Å². The van der Waals surface area contributed by atoms with E-state index >= 15 is 0 Å². The summed E-state index contributed by atoms with van der Waals surface area (Å²) < 4.78 is 0. The number of aliphatic hydroxyl groups excluding tert-OH is 1. The Bertz CT molecular complexity index is 329. The fourth-order valence-electron chi connectivity index (χ4n) is 2.12. The van der Waals surface area contributed by atoms with Crippen LogP contribution in [0.25, 0.3) is 0 Å². The minimum atomic E-state index is 0.139. The third-order valence-corrected chi connectivity index (χ3v) is 3.35. The lowest BCUT2D eigenvalue weighted by Gasteiger charge is -2.26. The second-order valence-corrected chi connectivity index (χ2v) is 5.58. The molecule has 0 aliphatic heterocycles. The van der Waals surface area contributed by atoms with Crippen molar-refractivity contribution in [3.05, 3.63) is 35.4 Å². The molecule has 0 fully saturated rings. The molecule has 2 nitrogen and oxygen atoms in total. The van der Waals surface area contributed by atoms with Gasteiger partial charge < -0.3 is 10.4 Å². The van der Waals surface area contributed by atoms with Crippen molar-refractivity contribution in [3.8, 4) is 0 Å². The summed E-state index contributed by atoms with van der Waals surface area (Å²) in [5.41, 5.74) is 2.93. The van der Waals surface area contributed by atoms with Crippen LogP contribution in [0.2, 0.25) is 0 Å². The molecule has 0 unspecified atom stereocenters. The van der Waals surface area contributed by atoms with E-state index in [1.165, 1.54) is 17.5 Å². The van der Waals surface area contributed by atoms with Gasteiger partial charge in [0, 0.05) is 18.6 Å². The number of aliphatic hydroxyl groups is 1. The van der Waals surface area contributed by atoms with Crippen molar-refractivity contribution in [2.24, 2.45) is 0 Å². The molecule has 0 saturated heterocycles. The molecular formula is C16H27NO. The van der Waals surface area contributed by atoms with E-state index in [4.69, 9.17) is 5.11 Å². The van der Waals surface area contributed by atoms with Crippen LogP contribution in [0.15, 0.2) is 24.3 Å². The summed E-state index contributed by atoms with van der Waals surface area (Å²) in [7, 11) is 0. The third-order valence-electron chi connectivity index (χ3n) is 3.35. The first-order valence-electron chi connectivity index (χ1n) is 7.01. The average molecular weight is 249 g/mol. The molecule has 0 aliphatic rings. The normalized spacial score (nSPS) is 11.8. The van der Waals surface area contributed by atoms with Gasteiger partial charge in [0.15, 0.2) is 0 Å². The Morgan fingerprint density at radius 3 is 2.39 bits per heavy atom. The fourth-order valence-corrected chi connectivity index (χ4v) is 2.12. The maximum absolute atomic E-state index is 8.75. The Balaban J connectivity index is 2.54. The Labute approximate surface area is 111 Å². The monoisotopic (exact) mass is 249 g/mol. The first-order valence-corrected chi connectivity index (χ1v) is 7.01. The SMILES string of the molecule is CCCc1ccc(C(C)(C)CNCCCO)cc1. The van der Waals surface area contributed by atoms with Crippen molar-refractivity contribution >= 4 is 0 Å². The molecule has 102 valence electrons. The number of aryl methyl sites for hydroxylation is 1. The number of nitrogens with one attached hydrogen (secondary N) is 1. The van der Waals surface area contributed by atoms with Gasteiger partial charge in [-0.25, -0.2) is 0 Å². The lowest BCUT2D eigenvalue weighted by Crippen LogP contribution is -2.33. The van der Waals surface area contributed by atoms with Gasteiger partial charge in [0.1, 0.15) is 0 Å². The van der Waals surface area contributed by atoms with Crippen LogP contribution in [0, 0.1) is 0 Å². The summed E-state index contributed by atoms with van der Waals surface area (Å²) >= 11 is 0. The third kappa shape index (κ3) is 4.79. The van der Waals surface area contributed by atoms with Gasteiger partial charge in [-0.1, -0.05) is 51.5 Å². The quantitative estimate of drug-likeness (QED) is 0.694. The smallest absolute Gasteiger partial charge is 0.0443 e. The largest absolute Gasteiger partial charge is 0.396 e. The standard InChI is InChI=1S/C16H27NO/c1-4-6-14-7-9-15(10-8-14)16(2,3)13-17-11-5-12-18/h7-10,17-18H,4-6,11-13H2,1-3H3. The molecule has 0 saturated carbocycles. The first kappa shape index (κ1) is 15.2. The Morgan fingerprint density at radius 1 is 1.17 bits per heavy atom. The van der Waals surface area contributed by atoms with Crippen molar-refractivity contribution in [2.75, 3.05) is 19.7 Å². The number of rotatable bonds is 8. The maximum Gasteiger partial charge on any atom is 0.0443 e. The second-order valence-electron chi connectivity index (χ2n) is 5.58. The highest BCUT2D eigenvalue weighted by Gasteiger charge is 2.19. The maximum atomic E-state index is 8.75. The van der Waals surface area contributed by atoms with Crippen LogP contribution in [-0.4, -0.2) is 24.8 Å². The van der Waals surface area contributed by atoms with Crippen LogP contribution in [0.4, 0.5) is 0 Å². The van der Waals surface area contributed by atoms with E-state index in [1.54, 1.807) is 0 Å². The van der Waals surface area contributed by atoms with E-state index in [0.29, 0.717) is 0 Å². The second kappa shape index (κ2) is 7.55. The average Bonchev–Trinajstić information content (AvgIpc) is 2.36. The summed E-state index contributed by atoms with van der Waals surface area (Å²) in [5.74, 6) is 0. The van der Waals surface area contributed by atoms with E-state index in [1.807, 2.05) is 0 Å². The van der Waals surface area contributed by atoms with Crippen molar-refractivity contribution in [3.63, 3.8) is 0 Å². The molecule has 1 aromatic rings. The van der Waals surface area contributed by atoms with Crippen LogP contribution in [0.3, 0.4) is 0 Å². The van der Waals surface area contributed by atoms with Gasteiger partial charge in [-0.15, -0.1) is 0 Å². The van der Waals surface area contributed by atoms with Gasteiger partial charge in [0.25, 0.3) is 0 Å². The van der Waals surface area contributed by atoms with Crippen molar-refractivity contribution in [2.45, 2.75) is 45.4 Å². The molecule has 0 aliphatic carbocycles. The molecule has 2 heteroatoms. The number of hydrogen-bond acceptors (Lipinski definition) is 2. The zero-order valence-corrected chi connectivity index (χ0v) is 12.0. The van der Waals surface area contributed by atoms with Gasteiger partial charge in [-0.2, -0.15) is 0 Å². The fraction of sp³-hybridized carbons (Fsp3) is 0.625. The summed E-state index contributed by atoms with van der Waals surface area (Å²) in [6.07, 6.45) is 3.19. The minimum absolute atomic E-state index is 0.139. The van der Waals surface area contributed by atoms with Gasteiger partial charge in [0.05, 0.1) is 0 Å². The molecule has 0 amide bonds. The van der Waals surface area contributed by atoms with Crippen LogP contribution >= 0.6 is 0 Å². The van der Waals surface area contributed by atoms with E-state index < -0.39 is 0 Å². The topological polar surface area (TPSA) is 32.3 Å². The van der Waals surface area contributed by atoms with E-state index in [9.17, 15) is 0 Å². The molecule has 0 aromatic heterocycles. The number of benzene rings is 1. The molecule has 0 atom stereocenters. The van der Waals surface area contributed by atoms with Gasteiger partial charge in [-0.3, -0.25) is 0 Å². The van der Waals surface area contributed by atoms with Crippen molar-refractivity contribution in [1.29, 1.82) is 0 Å². The minimum Gasteiger partial charge on any atom is -0.396 e. The zero-order chi connectivity index (χ0) is 13.4. The lowest BCUT2D eigenvalue weighted by molar-refractivity contribution is 0.284. The Kier molecular flexibility index (Phi) is 6.37. The Hall–Kier alpha value is -0.860. The van der Waals surface area contributed by atoms with Crippen LogP contribution in [0.1, 0.15) is 44.7 Å².